The van der Waals surface area contributed by atoms with Gasteiger partial charge < -0.3 is 38.7 Å². The van der Waals surface area contributed by atoms with E-state index in [0.29, 0.717) is 18.2 Å². The van der Waals surface area contributed by atoms with Gasteiger partial charge in [-0.2, -0.15) is 9.97 Å². The van der Waals surface area contributed by atoms with E-state index in [-0.39, 0.29) is 34.6 Å². The molecule has 1 aromatic carbocycles. The molecule has 3 aromatic rings. The normalized spacial score (nSPS) is 17.1. The zero-order valence-corrected chi connectivity index (χ0v) is 29.3. The number of carbonyl (C=O) groups excluding carboxylic acids is 1. The van der Waals surface area contributed by atoms with E-state index in [9.17, 15) is 4.79 Å². The number of rotatable bonds is 12. The lowest BCUT2D eigenvalue weighted by molar-refractivity contribution is 0.0378. The predicted octanol–water partition coefficient (Wildman–Crippen LogP) is 5.18. The van der Waals surface area contributed by atoms with Crippen molar-refractivity contribution in [2.24, 2.45) is 0 Å². The van der Waals surface area contributed by atoms with E-state index >= 15 is 0 Å². The van der Waals surface area contributed by atoms with Crippen LogP contribution in [-0.2, 0) is 10.2 Å². The van der Waals surface area contributed by atoms with E-state index in [1.165, 1.54) is 31.0 Å². The number of nitrogens with one attached hydrogen (secondary N) is 2. The summed E-state index contributed by atoms with van der Waals surface area (Å²) >= 11 is 0. The zero-order chi connectivity index (χ0) is 33.1. The molecule has 12 nitrogen and oxygen atoms in total. The molecule has 4 heterocycles. The summed E-state index contributed by atoms with van der Waals surface area (Å²) < 4.78 is 34.6. The van der Waals surface area contributed by atoms with Crippen molar-refractivity contribution < 1.29 is 32.9 Å². The molecule has 0 atom stereocenters. The highest BCUT2D eigenvalue weighted by molar-refractivity contribution is 6.91. The van der Waals surface area contributed by atoms with E-state index in [0.717, 1.165) is 57.0 Å². The van der Waals surface area contributed by atoms with Crippen LogP contribution in [0.3, 0.4) is 0 Å². The number of aryl methyl sites for hydroxylation is 1. The number of morpholine rings is 1. The highest BCUT2D eigenvalue weighted by atomic mass is 28.3. The number of nitrogens with zero attached hydrogens (tertiary/aromatic N) is 3. The number of aromatic nitrogens is 2. The minimum absolute atomic E-state index is 0.0369. The minimum atomic E-state index is -1.78. The van der Waals surface area contributed by atoms with Crippen LogP contribution in [0.2, 0.25) is 19.1 Å². The average molecular weight is 654 g/mol. The first-order valence-corrected chi connectivity index (χ1v) is 19.0. The maximum atomic E-state index is 13.3. The molecule has 1 fully saturated rings. The first-order chi connectivity index (χ1) is 22.0. The summed E-state index contributed by atoms with van der Waals surface area (Å²) in [4.78, 5) is 24.6. The Labute approximate surface area is 272 Å². The third-order valence-corrected chi connectivity index (χ3v) is 12.3. The molecular formula is C33H47N5O7Si. The van der Waals surface area contributed by atoms with Crippen LogP contribution in [-0.4, -0.2) is 89.6 Å². The van der Waals surface area contributed by atoms with Crippen molar-refractivity contribution in [1.29, 1.82) is 0 Å². The van der Waals surface area contributed by atoms with Crippen LogP contribution in [0.4, 0.5) is 11.6 Å². The lowest BCUT2D eigenvalue weighted by Crippen LogP contribution is -2.51. The molecule has 1 saturated heterocycles. The molecule has 2 aliphatic heterocycles. The number of hydrogen-bond acceptors (Lipinski definition) is 11. The van der Waals surface area contributed by atoms with Gasteiger partial charge in [0.2, 0.25) is 17.7 Å². The fourth-order valence-corrected chi connectivity index (χ4v) is 9.65. The summed E-state index contributed by atoms with van der Waals surface area (Å²) in [5, 5.41) is 7.28. The first kappa shape index (κ1) is 33.5. The third-order valence-electron chi connectivity index (χ3n) is 8.92. The average Bonchev–Trinajstić information content (AvgIpc) is 3.52. The van der Waals surface area contributed by atoms with Crippen molar-refractivity contribution >= 4 is 30.8 Å². The number of benzene rings is 1. The molecule has 0 spiro atoms. The summed E-state index contributed by atoms with van der Waals surface area (Å²) in [7, 11) is 2.85. The quantitative estimate of drug-likeness (QED) is 0.198. The van der Waals surface area contributed by atoms with Gasteiger partial charge in [0.15, 0.2) is 22.9 Å². The lowest BCUT2D eigenvalue weighted by Gasteiger charge is -2.42. The lowest BCUT2D eigenvalue weighted by atomic mass is 9.80. The fraction of sp³-hybridized carbons (Fsp3) is 0.545. The second-order valence-corrected chi connectivity index (χ2v) is 17.9. The molecule has 0 bridgehead atoms. The van der Waals surface area contributed by atoms with Gasteiger partial charge in [0.05, 0.1) is 42.6 Å². The SMILES string of the molecule is COc1nc(NCCCN2CCOCC2)nc(OC)c1NC(=O)c1ccc(Oc2c(C)cc3c(c2OC)[Si](C)(C)CCC3(C)C)o1. The Hall–Kier alpha value is -3.81. The van der Waals surface area contributed by atoms with Crippen molar-refractivity contribution in [2.45, 2.75) is 58.2 Å². The van der Waals surface area contributed by atoms with Crippen LogP contribution in [0.1, 0.15) is 48.4 Å². The van der Waals surface area contributed by atoms with E-state index in [1.54, 1.807) is 19.2 Å². The van der Waals surface area contributed by atoms with Crippen LogP contribution < -0.4 is 34.8 Å². The summed E-state index contributed by atoms with van der Waals surface area (Å²) in [5.41, 5.74) is 2.51. The summed E-state index contributed by atoms with van der Waals surface area (Å²) in [6, 6.07) is 6.56. The monoisotopic (exact) mass is 653 g/mol. The van der Waals surface area contributed by atoms with Gasteiger partial charge in [-0.15, -0.1) is 0 Å². The zero-order valence-electron chi connectivity index (χ0n) is 28.3. The topological polar surface area (TPSA) is 129 Å². The Morgan fingerprint density at radius 3 is 2.39 bits per heavy atom. The molecular weight excluding hydrogens is 606 g/mol. The highest BCUT2D eigenvalue weighted by Crippen LogP contribution is 2.45. The fourth-order valence-electron chi connectivity index (χ4n) is 6.18. The van der Waals surface area contributed by atoms with Gasteiger partial charge in [0.1, 0.15) is 0 Å². The van der Waals surface area contributed by atoms with Gasteiger partial charge in [0.25, 0.3) is 11.9 Å². The van der Waals surface area contributed by atoms with Crippen molar-refractivity contribution in [3.05, 3.63) is 35.1 Å². The van der Waals surface area contributed by atoms with Crippen LogP contribution in [0.25, 0.3) is 0 Å². The van der Waals surface area contributed by atoms with Gasteiger partial charge in [-0.3, -0.25) is 9.69 Å². The summed E-state index contributed by atoms with van der Waals surface area (Å²) in [6.45, 7) is 16.4. The number of anilines is 2. The van der Waals surface area contributed by atoms with Gasteiger partial charge in [-0.25, -0.2) is 0 Å². The molecule has 250 valence electrons. The molecule has 5 rings (SSSR count). The van der Waals surface area contributed by atoms with Gasteiger partial charge in [-0.1, -0.05) is 39.1 Å². The number of hydrogen-bond donors (Lipinski definition) is 2. The summed E-state index contributed by atoms with van der Waals surface area (Å²) in [6.07, 6.45) is 2.05. The molecule has 13 heteroatoms. The molecule has 0 aliphatic carbocycles. The van der Waals surface area contributed by atoms with Gasteiger partial charge in [0, 0.05) is 25.7 Å². The minimum Gasteiger partial charge on any atom is -0.493 e. The molecule has 0 saturated carbocycles. The largest absolute Gasteiger partial charge is 0.493 e. The Balaban J connectivity index is 1.30. The van der Waals surface area contributed by atoms with E-state index < -0.39 is 14.0 Å². The number of amides is 1. The molecule has 2 aliphatic rings. The van der Waals surface area contributed by atoms with E-state index in [1.807, 2.05) is 6.92 Å². The maximum absolute atomic E-state index is 13.3. The molecule has 2 N–H and O–H groups in total. The maximum Gasteiger partial charge on any atom is 0.291 e. The molecule has 46 heavy (non-hydrogen) atoms. The molecule has 1 amide bonds. The van der Waals surface area contributed by atoms with Crippen molar-refractivity contribution in [1.82, 2.24) is 14.9 Å². The van der Waals surface area contributed by atoms with Crippen molar-refractivity contribution in [3.8, 4) is 29.2 Å². The summed E-state index contributed by atoms with van der Waals surface area (Å²) in [5.74, 6) is 1.68. The third kappa shape index (κ3) is 7.11. The molecule has 0 unspecified atom stereocenters. The van der Waals surface area contributed by atoms with Crippen LogP contribution in [0.15, 0.2) is 22.6 Å². The van der Waals surface area contributed by atoms with Gasteiger partial charge in [-0.05, 0) is 54.1 Å². The number of furan rings is 1. The van der Waals surface area contributed by atoms with Gasteiger partial charge >= 0.3 is 0 Å². The first-order valence-electron chi connectivity index (χ1n) is 15.8. The highest BCUT2D eigenvalue weighted by Gasteiger charge is 2.42. The molecule has 2 aromatic heterocycles. The van der Waals surface area contributed by atoms with Crippen molar-refractivity contribution in [2.75, 3.05) is 71.4 Å². The smallest absolute Gasteiger partial charge is 0.291 e. The Bertz CT molecular complexity index is 1530. The van der Waals surface area contributed by atoms with Crippen molar-refractivity contribution in [3.63, 3.8) is 0 Å². The standard InChI is InChI=1S/C33H47N5O7Si/c1-21-20-22-28(46(7,8)19-12-33(22,2)3)27(40-4)26(21)45-24-11-10-23(44-24)29(39)35-25-30(41-5)36-32(37-31(25)42-6)34-13-9-14-38-15-17-43-18-16-38/h10-11,20H,9,12-19H2,1-8H3,(H,35,39)(H,34,36,37). The van der Waals surface area contributed by atoms with Crippen LogP contribution in [0, 0.1) is 6.92 Å². The van der Waals surface area contributed by atoms with E-state index in [2.05, 4.69) is 58.5 Å². The second kappa shape index (κ2) is 13.9. The number of ether oxygens (including phenoxy) is 5. The van der Waals surface area contributed by atoms with Crippen LogP contribution in [0.5, 0.6) is 29.2 Å². The number of methoxy groups -OCH3 is 3. The molecule has 0 radical (unpaired) electrons. The van der Waals surface area contributed by atoms with Crippen LogP contribution >= 0.6 is 0 Å². The Morgan fingerprint density at radius 1 is 1.04 bits per heavy atom. The number of fused-ring (bicyclic) bond motifs is 1. The second-order valence-electron chi connectivity index (χ2n) is 13.1. The predicted molar refractivity (Wildman–Crippen MR) is 180 cm³/mol. The number of carbonyl (C=O) groups is 1. The Morgan fingerprint density at radius 2 is 1.74 bits per heavy atom. The van der Waals surface area contributed by atoms with E-state index in [4.69, 9.17) is 28.1 Å². The Kier molecular flexibility index (Phi) is 10.1.